The number of hydrogen-bond donors (Lipinski definition) is 4. The van der Waals surface area contributed by atoms with Crippen LogP contribution < -0.4 is 0 Å². The molecule has 0 saturated heterocycles. The Kier molecular flexibility index (Phi) is 12.5. The zero-order valence-corrected chi connectivity index (χ0v) is 40.0. The van der Waals surface area contributed by atoms with Crippen molar-refractivity contribution < 1.29 is 20.4 Å². The molecule has 0 aromatic carbocycles. The van der Waals surface area contributed by atoms with Gasteiger partial charge in [0.25, 0.3) is 0 Å². The van der Waals surface area contributed by atoms with Crippen LogP contribution >= 0.6 is 0 Å². The van der Waals surface area contributed by atoms with Crippen LogP contribution in [0.4, 0.5) is 0 Å². The topological polar surface area (TPSA) is 80.9 Å². The number of terminal acetylenes is 2. The Morgan fingerprint density at radius 3 is 1.30 bits per heavy atom. The van der Waals surface area contributed by atoms with Crippen LogP contribution in [0.2, 0.25) is 0 Å². The zero-order chi connectivity index (χ0) is 43.9. The lowest BCUT2D eigenvalue weighted by Crippen LogP contribution is -2.52. The molecule has 4 N–H and O–H groups in total. The Balaban J connectivity index is 0.000000181. The van der Waals surface area contributed by atoms with Gasteiger partial charge in [0, 0.05) is 0 Å². The zero-order valence-electron chi connectivity index (χ0n) is 40.0. The molecule has 0 aliphatic heterocycles. The molecule has 0 amide bonds. The molecule has 0 heterocycles. The minimum absolute atomic E-state index is 0.307. The Hall–Kier alpha value is -1.56. The van der Waals surface area contributed by atoms with E-state index in [0.29, 0.717) is 46.3 Å². The fourth-order valence-corrected chi connectivity index (χ4v) is 17.1. The van der Waals surface area contributed by atoms with Gasteiger partial charge in [0.15, 0.2) is 0 Å². The van der Waals surface area contributed by atoms with Crippen molar-refractivity contribution in [3.05, 3.63) is 23.3 Å². The molecule has 0 bridgehead atoms. The van der Waals surface area contributed by atoms with Gasteiger partial charge in [-0.3, -0.25) is 0 Å². The molecule has 8 aliphatic rings. The quantitative estimate of drug-likeness (QED) is 0.145. The van der Waals surface area contributed by atoms with Gasteiger partial charge in [-0.2, -0.15) is 0 Å². The highest BCUT2D eigenvalue weighted by Crippen LogP contribution is 2.69. The van der Waals surface area contributed by atoms with Gasteiger partial charge in [-0.1, -0.05) is 76.7 Å². The Morgan fingerprint density at radius 2 is 0.950 bits per heavy atom. The molecule has 6 fully saturated rings. The van der Waals surface area contributed by atoms with Crippen LogP contribution in [0.5, 0.6) is 0 Å². The normalized spacial score (nSPS) is 48.4. The molecule has 0 spiro atoms. The third-order valence-electron chi connectivity index (χ3n) is 21.1. The van der Waals surface area contributed by atoms with Gasteiger partial charge < -0.3 is 20.4 Å². The van der Waals surface area contributed by atoms with Crippen LogP contribution in [-0.2, 0) is 0 Å². The van der Waals surface area contributed by atoms with E-state index in [1.807, 2.05) is 13.8 Å². The van der Waals surface area contributed by atoms with Gasteiger partial charge in [-0.15, -0.1) is 12.8 Å². The fraction of sp³-hybridized carbons (Fsp3) is 0.857. The van der Waals surface area contributed by atoms with Crippen molar-refractivity contribution >= 4 is 0 Å². The molecular formula is C56H88O4. The van der Waals surface area contributed by atoms with E-state index in [-0.39, 0.29) is 0 Å². The van der Waals surface area contributed by atoms with Crippen LogP contribution in [0.15, 0.2) is 23.3 Å². The van der Waals surface area contributed by atoms with Gasteiger partial charge >= 0.3 is 0 Å². The predicted octanol–water partition coefficient (Wildman–Crippen LogP) is 12.2. The SMILES string of the molecule is C#C[C@@](C)(O)CC[C@@H](C)[C@H]1CC[C@H]2[C@@H]3CC=C4C[C@@](C)(O)CC[C@]4(C)[C@H]3CC[C@]12C.C#C[C@](C)(O)CC[C@@H](C)[C@H]1CC[C@H]2[C@@H]3CC=C4C[C@@](C)(O)CC[C@]4(C)[C@H]3CC[C@]12C. The average molecular weight is 825 g/mol. The second kappa shape index (κ2) is 16.2. The fourth-order valence-electron chi connectivity index (χ4n) is 17.1. The maximum atomic E-state index is 10.7. The summed E-state index contributed by atoms with van der Waals surface area (Å²) >= 11 is 0. The van der Waals surface area contributed by atoms with Crippen LogP contribution in [-0.4, -0.2) is 42.8 Å². The Bertz CT molecular complexity index is 1610. The second-order valence-corrected chi connectivity index (χ2v) is 25.2. The molecule has 4 heteroatoms. The van der Waals surface area contributed by atoms with Crippen molar-refractivity contribution in [2.24, 2.45) is 80.8 Å². The van der Waals surface area contributed by atoms with Crippen molar-refractivity contribution in [2.45, 2.75) is 220 Å². The van der Waals surface area contributed by atoms with E-state index in [9.17, 15) is 20.4 Å². The molecule has 0 radical (unpaired) electrons. The van der Waals surface area contributed by atoms with Gasteiger partial charge in [-0.05, 0) is 237 Å². The van der Waals surface area contributed by atoms with Crippen molar-refractivity contribution in [3.8, 4) is 24.7 Å². The second-order valence-electron chi connectivity index (χ2n) is 25.2. The number of hydrogen-bond acceptors (Lipinski definition) is 4. The summed E-state index contributed by atoms with van der Waals surface area (Å²) in [6, 6.07) is 0. The first-order valence-electron chi connectivity index (χ1n) is 25.1. The summed E-state index contributed by atoms with van der Waals surface area (Å²) in [6.07, 6.45) is 38.8. The van der Waals surface area contributed by atoms with Crippen molar-refractivity contribution in [1.82, 2.24) is 0 Å². The third kappa shape index (κ3) is 8.31. The summed E-state index contributed by atoms with van der Waals surface area (Å²) in [4.78, 5) is 0. The highest BCUT2D eigenvalue weighted by Gasteiger charge is 2.61. The van der Waals surface area contributed by atoms with Crippen molar-refractivity contribution in [2.75, 3.05) is 0 Å². The molecule has 0 aromatic heterocycles. The third-order valence-corrected chi connectivity index (χ3v) is 21.1. The summed E-state index contributed by atoms with van der Waals surface area (Å²) < 4.78 is 0. The molecule has 0 unspecified atom stereocenters. The van der Waals surface area contributed by atoms with E-state index in [1.165, 1.54) is 64.2 Å². The minimum Gasteiger partial charge on any atom is -0.390 e. The highest BCUT2D eigenvalue weighted by molar-refractivity contribution is 5.28. The van der Waals surface area contributed by atoms with Crippen LogP contribution in [0.1, 0.15) is 198 Å². The van der Waals surface area contributed by atoms with Crippen molar-refractivity contribution in [3.63, 3.8) is 0 Å². The van der Waals surface area contributed by atoms with E-state index < -0.39 is 22.4 Å². The molecule has 336 valence electrons. The molecule has 6 saturated carbocycles. The van der Waals surface area contributed by atoms with Gasteiger partial charge in [-0.25, -0.2) is 0 Å². The molecule has 8 aliphatic carbocycles. The smallest absolute Gasteiger partial charge is 0.122 e. The molecule has 8 rings (SSSR count). The van der Waals surface area contributed by atoms with E-state index in [2.05, 4.69) is 65.5 Å². The summed E-state index contributed by atoms with van der Waals surface area (Å²) in [5, 5.41) is 41.9. The maximum Gasteiger partial charge on any atom is 0.122 e. The summed E-state index contributed by atoms with van der Waals surface area (Å²) in [5.41, 5.74) is 1.66. The number of allylic oxidation sites excluding steroid dienone is 2. The lowest BCUT2D eigenvalue weighted by molar-refractivity contribution is -0.0711. The first kappa shape index (κ1) is 46.4. The van der Waals surface area contributed by atoms with Gasteiger partial charge in [0.1, 0.15) is 11.2 Å². The molecule has 60 heavy (non-hydrogen) atoms. The minimum atomic E-state index is -0.966. The van der Waals surface area contributed by atoms with Crippen LogP contribution in [0.3, 0.4) is 0 Å². The molecule has 0 aromatic rings. The summed E-state index contributed by atoms with van der Waals surface area (Å²) in [6.45, 7) is 22.6. The first-order chi connectivity index (χ1) is 27.8. The molecule has 4 nitrogen and oxygen atoms in total. The lowest BCUT2D eigenvalue weighted by atomic mass is 9.46. The summed E-state index contributed by atoms with van der Waals surface area (Å²) in [5.74, 6) is 12.7. The monoisotopic (exact) mass is 825 g/mol. The maximum absolute atomic E-state index is 10.7. The number of aliphatic hydroxyl groups is 4. The standard InChI is InChI=1S/2C28H44O2/c2*1-7-25(3,29)14-12-19(2)22-10-11-23-21-9-8-20-18-26(4,30)16-17-27(20,5)24(21)13-15-28(22,23)6/h2*1,8,19,21-24,29-30H,9-18H2,2-6H3/t19-,21+,22-,23+,24+,25+,26+,27+,28-;19-,21+,22-,23+,24+,25-,26+,27+,28-/m11/s1. The highest BCUT2D eigenvalue weighted by atomic mass is 16.3. The first-order valence-corrected chi connectivity index (χ1v) is 25.1. The van der Waals surface area contributed by atoms with E-state index in [4.69, 9.17) is 12.8 Å². The van der Waals surface area contributed by atoms with Gasteiger partial charge in [0.05, 0.1) is 11.2 Å². The van der Waals surface area contributed by atoms with Gasteiger partial charge in [0.2, 0.25) is 0 Å². The number of rotatable bonds is 8. The Labute approximate surface area is 368 Å². The summed E-state index contributed by atoms with van der Waals surface area (Å²) in [7, 11) is 0. The Morgan fingerprint density at radius 1 is 0.583 bits per heavy atom. The molecule has 18 atom stereocenters. The van der Waals surface area contributed by atoms with Crippen LogP contribution in [0.25, 0.3) is 0 Å². The predicted molar refractivity (Wildman–Crippen MR) is 247 cm³/mol. The van der Waals surface area contributed by atoms with E-state index in [0.717, 1.165) is 98.7 Å². The largest absolute Gasteiger partial charge is 0.390 e. The lowest BCUT2D eigenvalue weighted by Gasteiger charge is -2.59. The molecular weight excluding hydrogens is 737 g/mol. The average Bonchev–Trinajstić information content (AvgIpc) is 3.74. The van der Waals surface area contributed by atoms with E-state index >= 15 is 0 Å². The number of fused-ring (bicyclic) bond motifs is 10. The van der Waals surface area contributed by atoms with E-state index in [1.54, 1.807) is 25.0 Å². The van der Waals surface area contributed by atoms with Crippen molar-refractivity contribution in [1.29, 1.82) is 0 Å². The van der Waals surface area contributed by atoms with Crippen LogP contribution in [0, 0.1) is 106 Å².